The number of hydrogen-bond acceptors (Lipinski definition) is 5. The zero-order valence-electron chi connectivity index (χ0n) is 6.44. The number of phosphoric acid groups is 2. The Balaban J connectivity index is 0. The standard InChI is InChI=1S/H4O7P2.H2O4S2/c1-8(2,3)7-9(4,5)6;1-5(2)6(3)4/h(H2,1,2,3)(H2,4,5,6);(H,1,2)(H,3,4). The number of rotatable bonds is 3. The smallest absolute Gasteiger partial charge is 0.302 e. The van der Waals surface area contributed by atoms with Crippen LogP contribution in [0.3, 0.4) is 0 Å². The van der Waals surface area contributed by atoms with Crippen molar-refractivity contribution in [2.75, 3.05) is 0 Å². The quantitative estimate of drug-likeness (QED) is 0.202. The normalized spacial score (nSPS) is 16.1. The van der Waals surface area contributed by atoms with Crippen LogP contribution in [-0.4, -0.2) is 37.1 Å². The van der Waals surface area contributed by atoms with E-state index in [1.165, 1.54) is 0 Å². The van der Waals surface area contributed by atoms with Crippen molar-refractivity contribution < 1.29 is 50.5 Å². The molecule has 0 spiro atoms. The summed E-state index contributed by atoms with van der Waals surface area (Å²) >= 11 is 0. The molecule has 6 N–H and O–H groups in total. The maximum atomic E-state index is 9.63. The molecule has 94 valence electrons. The van der Waals surface area contributed by atoms with Gasteiger partial charge in [0.25, 0.3) is 20.2 Å². The average molecular weight is 308 g/mol. The third-order valence-electron chi connectivity index (χ3n) is 0.335. The van der Waals surface area contributed by atoms with E-state index in [0.717, 1.165) is 0 Å². The van der Waals surface area contributed by atoms with Crippen LogP contribution >= 0.6 is 15.6 Å². The molecule has 2 unspecified atom stereocenters. The Morgan fingerprint density at radius 2 is 1.00 bits per heavy atom. The fourth-order valence-corrected chi connectivity index (χ4v) is 1.25. The van der Waals surface area contributed by atoms with Gasteiger partial charge in [0.2, 0.25) is 0 Å². The molecule has 0 aliphatic heterocycles. The lowest BCUT2D eigenvalue weighted by molar-refractivity contribution is 0.225. The van der Waals surface area contributed by atoms with Gasteiger partial charge in [0, 0.05) is 0 Å². The minimum Gasteiger partial charge on any atom is -0.302 e. The second kappa shape index (κ2) is 6.93. The molecule has 0 bridgehead atoms. The van der Waals surface area contributed by atoms with E-state index in [1.807, 2.05) is 0 Å². The molecule has 0 radical (unpaired) electrons. The lowest BCUT2D eigenvalue weighted by Gasteiger charge is -2.03. The predicted molar refractivity (Wildman–Crippen MR) is 46.7 cm³/mol. The molecule has 0 saturated carbocycles. The van der Waals surface area contributed by atoms with Crippen molar-refractivity contribution in [3.8, 4) is 0 Å². The second-order valence-electron chi connectivity index (χ2n) is 1.50. The summed E-state index contributed by atoms with van der Waals surface area (Å²) in [7, 11) is -15.3. The van der Waals surface area contributed by atoms with Crippen molar-refractivity contribution in [2.45, 2.75) is 0 Å². The van der Waals surface area contributed by atoms with Gasteiger partial charge in [-0.1, -0.05) is 0 Å². The molecular formula is H6O11P2S2. The summed E-state index contributed by atoms with van der Waals surface area (Å²) in [4.78, 5) is 31.0. The summed E-state index contributed by atoms with van der Waals surface area (Å²) in [5.74, 6) is 0. The van der Waals surface area contributed by atoms with Gasteiger partial charge in [-0.05, 0) is 0 Å². The molecule has 15 heavy (non-hydrogen) atoms. The van der Waals surface area contributed by atoms with E-state index in [-0.39, 0.29) is 0 Å². The maximum absolute atomic E-state index is 9.63. The lowest BCUT2D eigenvalue weighted by atomic mass is 15.7. The Morgan fingerprint density at radius 1 is 0.800 bits per heavy atom. The van der Waals surface area contributed by atoms with E-state index in [9.17, 15) is 17.5 Å². The summed E-state index contributed by atoms with van der Waals surface area (Å²) in [6.07, 6.45) is 0. The highest BCUT2D eigenvalue weighted by Crippen LogP contribution is 2.53. The Labute approximate surface area is 86.9 Å². The summed E-state index contributed by atoms with van der Waals surface area (Å²) < 4.78 is 55.8. The van der Waals surface area contributed by atoms with Crippen LogP contribution in [0.25, 0.3) is 0 Å². The Morgan fingerprint density at radius 3 is 1.00 bits per heavy atom. The predicted octanol–water partition coefficient (Wildman–Crippen LogP) is -1.47. The van der Waals surface area contributed by atoms with Crippen LogP contribution in [0.1, 0.15) is 0 Å². The van der Waals surface area contributed by atoms with Gasteiger partial charge in [0.1, 0.15) is 0 Å². The van der Waals surface area contributed by atoms with Gasteiger partial charge < -0.3 is 19.6 Å². The SMILES string of the molecule is O=P(O)(O)OP(=O)(O)O.O=S(O)S(=O)O. The van der Waals surface area contributed by atoms with Gasteiger partial charge in [0.15, 0.2) is 0 Å². The van der Waals surface area contributed by atoms with Gasteiger partial charge in [-0.3, -0.25) is 9.11 Å². The fraction of sp³-hybridized carbons (Fsp3) is 0. The topological polar surface area (TPSA) is 199 Å². The highest BCUT2D eigenvalue weighted by molar-refractivity contribution is 8.56. The van der Waals surface area contributed by atoms with E-state index >= 15 is 0 Å². The van der Waals surface area contributed by atoms with Crippen LogP contribution < -0.4 is 0 Å². The first kappa shape index (κ1) is 17.9. The van der Waals surface area contributed by atoms with Crippen LogP contribution in [0.4, 0.5) is 0 Å². The van der Waals surface area contributed by atoms with Crippen molar-refractivity contribution in [2.24, 2.45) is 0 Å². The number of hydrogen-bond donors (Lipinski definition) is 6. The van der Waals surface area contributed by atoms with E-state index in [2.05, 4.69) is 4.31 Å². The lowest BCUT2D eigenvalue weighted by Crippen LogP contribution is -1.93. The second-order valence-corrected chi connectivity index (χ2v) is 6.69. The third-order valence-corrected chi connectivity index (χ3v) is 3.01. The van der Waals surface area contributed by atoms with Gasteiger partial charge in [-0.25, -0.2) is 17.5 Å². The van der Waals surface area contributed by atoms with E-state index in [0.29, 0.717) is 0 Å². The summed E-state index contributed by atoms with van der Waals surface area (Å²) in [6, 6.07) is 0. The maximum Gasteiger partial charge on any atom is 0.478 e. The first-order valence-electron chi connectivity index (χ1n) is 2.40. The zero-order valence-corrected chi connectivity index (χ0v) is 9.86. The molecule has 0 aliphatic rings. The van der Waals surface area contributed by atoms with Crippen molar-refractivity contribution in [3.05, 3.63) is 0 Å². The zero-order chi connectivity index (χ0) is 12.9. The molecule has 0 heterocycles. The molecule has 0 amide bonds. The van der Waals surface area contributed by atoms with Gasteiger partial charge in [-0.15, -0.1) is 0 Å². The molecule has 0 aromatic carbocycles. The van der Waals surface area contributed by atoms with E-state index in [1.54, 1.807) is 0 Å². The monoisotopic (exact) mass is 308 g/mol. The molecule has 0 fully saturated rings. The van der Waals surface area contributed by atoms with Gasteiger partial charge in [0.05, 0.1) is 0 Å². The van der Waals surface area contributed by atoms with Crippen molar-refractivity contribution >= 4 is 35.9 Å². The summed E-state index contributed by atoms with van der Waals surface area (Å²) in [6.45, 7) is 0. The molecule has 0 rings (SSSR count). The Bertz CT molecular complexity index is 285. The molecule has 0 aliphatic carbocycles. The van der Waals surface area contributed by atoms with E-state index < -0.39 is 35.9 Å². The summed E-state index contributed by atoms with van der Waals surface area (Å²) in [5.41, 5.74) is 0. The van der Waals surface area contributed by atoms with Gasteiger partial charge in [-0.2, -0.15) is 4.31 Å². The molecule has 2 atom stereocenters. The van der Waals surface area contributed by atoms with Crippen molar-refractivity contribution in [1.82, 2.24) is 0 Å². The van der Waals surface area contributed by atoms with E-state index in [4.69, 9.17) is 28.7 Å². The first-order valence-corrected chi connectivity index (χ1v) is 8.19. The van der Waals surface area contributed by atoms with Crippen LogP contribution in [0.5, 0.6) is 0 Å². The van der Waals surface area contributed by atoms with Crippen LogP contribution in [0.2, 0.25) is 0 Å². The molecule has 11 nitrogen and oxygen atoms in total. The highest BCUT2D eigenvalue weighted by Gasteiger charge is 2.27. The van der Waals surface area contributed by atoms with Crippen LogP contribution in [0, 0.1) is 0 Å². The summed E-state index contributed by atoms with van der Waals surface area (Å²) in [5, 5.41) is 0. The average Bonchev–Trinajstić information content (AvgIpc) is 1.78. The third kappa shape index (κ3) is 20.5. The molecule has 0 aromatic heterocycles. The van der Waals surface area contributed by atoms with Crippen molar-refractivity contribution in [1.29, 1.82) is 0 Å². The van der Waals surface area contributed by atoms with Crippen LogP contribution in [0.15, 0.2) is 0 Å². The Kier molecular flexibility index (Phi) is 8.26. The highest BCUT2D eigenvalue weighted by atomic mass is 33.2. The Hall–Kier alpha value is 0.480. The molecular weight excluding hydrogens is 302 g/mol. The molecule has 0 saturated heterocycles. The van der Waals surface area contributed by atoms with Crippen LogP contribution in [-0.2, 0) is 33.7 Å². The molecule has 15 heteroatoms. The van der Waals surface area contributed by atoms with Crippen molar-refractivity contribution in [3.63, 3.8) is 0 Å². The minimum absolute atomic E-state index is 2.59. The molecule has 0 aromatic rings. The van der Waals surface area contributed by atoms with Gasteiger partial charge >= 0.3 is 15.6 Å². The first-order chi connectivity index (χ1) is 6.35. The largest absolute Gasteiger partial charge is 0.478 e. The fourth-order valence-electron chi connectivity index (χ4n) is 0.139. The minimum atomic E-state index is -5.05.